The van der Waals surface area contributed by atoms with Gasteiger partial charge in [-0.1, -0.05) is 20.8 Å². The summed E-state index contributed by atoms with van der Waals surface area (Å²) in [5.41, 5.74) is 0.0485. The molecule has 8 nitrogen and oxygen atoms in total. The van der Waals surface area contributed by atoms with Crippen LogP contribution in [0.15, 0.2) is 0 Å². The van der Waals surface area contributed by atoms with Crippen LogP contribution in [-0.2, 0) is 18.9 Å². The number of aliphatic hydroxyl groups excluding tert-OH is 1. The molecule has 4 aliphatic carbocycles. The van der Waals surface area contributed by atoms with Crippen molar-refractivity contribution < 1.29 is 29.2 Å². The summed E-state index contributed by atoms with van der Waals surface area (Å²) in [6.45, 7) is 14.8. The van der Waals surface area contributed by atoms with Gasteiger partial charge in [0.05, 0.1) is 30.5 Å². The number of hydrogen-bond donors (Lipinski definition) is 3. The molecule has 0 aromatic heterocycles. The summed E-state index contributed by atoms with van der Waals surface area (Å²) in [4.78, 5) is 2.38. The number of fused-ring (bicyclic) bond motifs is 4. The van der Waals surface area contributed by atoms with Crippen LogP contribution in [0.1, 0.15) is 98.8 Å². The van der Waals surface area contributed by atoms with Gasteiger partial charge in [-0.2, -0.15) is 0 Å². The monoisotopic (exact) mass is 604 g/mol. The molecule has 0 radical (unpaired) electrons. The largest absolute Gasteiger partial charge is 0.396 e. The van der Waals surface area contributed by atoms with E-state index in [0.29, 0.717) is 29.8 Å². The summed E-state index contributed by atoms with van der Waals surface area (Å²) < 4.78 is 25.6. The minimum Gasteiger partial charge on any atom is -0.396 e. The van der Waals surface area contributed by atoms with Gasteiger partial charge >= 0.3 is 0 Å². The average Bonchev–Trinajstić information content (AvgIpc) is 3.53. The third-order valence-electron chi connectivity index (χ3n) is 14.3. The fraction of sp³-hybridized carbons (Fsp3) is 1.00. The van der Waals surface area contributed by atoms with E-state index >= 15 is 0 Å². The Kier molecular flexibility index (Phi) is 7.90. The summed E-state index contributed by atoms with van der Waals surface area (Å²) in [6.07, 6.45) is 11.6. The summed E-state index contributed by atoms with van der Waals surface area (Å²) in [6, 6.07) is 0. The standard InChI is InChI=1S/C35H60N2O6/c1-31(2)27-11-9-22-24-20-26-23(8-10-25(42-26)30(40-6)32(3,4)39)33(24,5)14-15-34(22)35(27,36-34)13-12-28(31)43-29-21-37(16-7-18-38)17-19-41-29/h22-30,36,38-39H,7-21H2,1-6H3. The van der Waals surface area contributed by atoms with E-state index in [2.05, 4.69) is 31.0 Å². The summed E-state index contributed by atoms with van der Waals surface area (Å²) >= 11 is 0. The molecule has 4 saturated carbocycles. The Balaban J connectivity index is 1.05. The number of ether oxygens (including phenoxy) is 4. The SMILES string of the molecule is COC(C1CCC2C(CC3C4CCC5C(C)(C)C(OC6CN(CCCO)CCO6)CCC56NC46CCC23C)O1)C(C)(C)O. The molecule has 0 aromatic rings. The molecule has 8 heteroatoms. The van der Waals surface area contributed by atoms with E-state index < -0.39 is 5.60 Å². The highest BCUT2D eigenvalue weighted by molar-refractivity contribution is 5.38. The van der Waals surface area contributed by atoms with E-state index in [1.165, 1.54) is 38.5 Å². The van der Waals surface area contributed by atoms with Gasteiger partial charge in [0.25, 0.3) is 0 Å². The van der Waals surface area contributed by atoms with E-state index in [1.807, 2.05) is 13.8 Å². The Morgan fingerprint density at radius 2 is 1.79 bits per heavy atom. The predicted molar refractivity (Wildman–Crippen MR) is 165 cm³/mol. The molecule has 3 aliphatic heterocycles. The van der Waals surface area contributed by atoms with Crippen molar-refractivity contribution in [2.45, 2.75) is 146 Å². The van der Waals surface area contributed by atoms with Crippen LogP contribution < -0.4 is 5.32 Å². The Labute approximate surface area is 259 Å². The molecule has 2 spiro atoms. The van der Waals surface area contributed by atoms with Crippen LogP contribution >= 0.6 is 0 Å². The van der Waals surface area contributed by atoms with Gasteiger partial charge in [-0.3, -0.25) is 4.90 Å². The number of morpholine rings is 1. The highest BCUT2D eigenvalue weighted by Crippen LogP contribution is 2.75. The second kappa shape index (κ2) is 10.9. The zero-order chi connectivity index (χ0) is 30.4. The fourth-order valence-electron chi connectivity index (χ4n) is 12.4. The molecule has 12 atom stereocenters. The highest BCUT2D eigenvalue weighted by Gasteiger charge is 2.81. The minimum atomic E-state index is -0.911. The molecule has 7 fully saturated rings. The quantitative estimate of drug-likeness (QED) is 0.356. The van der Waals surface area contributed by atoms with E-state index in [1.54, 1.807) is 7.11 Å². The van der Waals surface area contributed by atoms with Crippen molar-refractivity contribution in [1.82, 2.24) is 10.2 Å². The molecular formula is C35H60N2O6. The lowest BCUT2D eigenvalue weighted by Gasteiger charge is -2.58. The molecular weight excluding hydrogens is 544 g/mol. The van der Waals surface area contributed by atoms with Crippen molar-refractivity contribution in [3.05, 3.63) is 0 Å². The molecule has 3 N–H and O–H groups in total. The van der Waals surface area contributed by atoms with Crippen LogP contribution in [0, 0.1) is 34.5 Å². The highest BCUT2D eigenvalue weighted by atomic mass is 16.7. The van der Waals surface area contributed by atoms with E-state index in [9.17, 15) is 10.2 Å². The topological polar surface area (TPSA) is 103 Å². The van der Waals surface area contributed by atoms with Crippen molar-refractivity contribution >= 4 is 0 Å². The molecule has 43 heavy (non-hydrogen) atoms. The summed E-state index contributed by atoms with van der Waals surface area (Å²) in [7, 11) is 1.71. The fourth-order valence-corrected chi connectivity index (χ4v) is 12.4. The molecule has 0 bridgehead atoms. The van der Waals surface area contributed by atoms with Gasteiger partial charge in [0.1, 0.15) is 6.10 Å². The first-order chi connectivity index (χ1) is 20.4. The van der Waals surface area contributed by atoms with Crippen LogP contribution in [0.3, 0.4) is 0 Å². The van der Waals surface area contributed by atoms with Crippen molar-refractivity contribution in [1.29, 1.82) is 0 Å². The smallest absolute Gasteiger partial charge is 0.170 e. The first kappa shape index (κ1) is 31.3. The lowest BCUT2D eigenvalue weighted by Crippen LogP contribution is -2.60. The van der Waals surface area contributed by atoms with Gasteiger partial charge in [0, 0.05) is 44.4 Å². The zero-order valence-electron chi connectivity index (χ0n) is 27.8. The van der Waals surface area contributed by atoms with E-state index in [0.717, 1.165) is 51.2 Å². The Morgan fingerprint density at radius 3 is 2.53 bits per heavy atom. The summed E-state index contributed by atoms with van der Waals surface area (Å²) in [5.74, 6) is 2.65. The van der Waals surface area contributed by atoms with Crippen molar-refractivity contribution in [2.24, 2.45) is 34.5 Å². The predicted octanol–water partition coefficient (Wildman–Crippen LogP) is 4.11. The number of aliphatic hydroxyl groups is 2. The maximum atomic E-state index is 10.8. The maximum absolute atomic E-state index is 10.8. The number of rotatable bonds is 8. The lowest BCUT2D eigenvalue weighted by molar-refractivity contribution is -0.238. The van der Waals surface area contributed by atoms with Gasteiger partial charge in [0.15, 0.2) is 6.29 Å². The van der Waals surface area contributed by atoms with Crippen LogP contribution in [-0.4, -0.2) is 102 Å². The lowest BCUT2D eigenvalue weighted by atomic mass is 9.46. The van der Waals surface area contributed by atoms with Crippen molar-refractivity contribution in [3.8, 4) is 0 Å². The maximum Gasteiger partial charge on any atom is 0.170 e. The third-order valence-corrected chi connectivity index (χ3v) is 14.3. The van der Waals surface area contributed by atoms with Gasteiger partial charge < -0.3 is 34.5 Å². The summed E-state index contributed by atoms with van der Waals surface area (Å²) in [5, 5.41) is 24.4. The molecule has 3 saturated heterocycles. The Hall–Kier alpha value is -0.320. The average molecular weight is 605 g/mol. The molecule has 3 heterocycles. The molecule has 246 valence electrons. The van der Waals surface area contributed by atoms with Crippen LogP contribution in [0.4, 0.5) is 0 Å². The van der Waals surface area contributed by atoms with Crippen LogP contribution in [0.25, 0.3) is 0 Å². The second-order valence-corrected chi connectivity index (χ2v) is 17.0. The van der Waals surface area contributed by atoms with E-state index in [-0.39, 0.29) is 53.8 Å². The van der Waals surface area contributed by atoms with Crippen LogP contribution in [0.5, 0.6) is 0 Å². The number of methoxy groups -OCH3 is 1. The normalized spacial score (nSPS) is 49.7. The van der Waals surface area contributed by atoms with Gasteiger partial charge in [0.2, 0.25) is 0 Å². The molecule has 0 amide bonds. The second-order valence-electron chi connectivity index (χ2n) is 17.0. The van der Waals surface area contributed by atoms with Gasteiger partial charge in [-0.25, -0.2) is 0 Å². The molecule has 7 aliphatic rings. The van der Waals surface area contributed by atoms with Crippen molar-refractivity contribution in [2.75, 3.05) is 40.0 Å². The number of nitrogens with zero attached hydrogens (tertiary/aromatic N) is 1. The first-order valence-electron chi connectivity index (χ1n) is 17.7. The van der Waals surface area contributed by atoms with E-state index in [4.69, 9.17) is 18.9 Å². The van der Waals surface area contributed by atoms with Crippen molar-refractivity contribution in [3.63, 3.8) is 0 Å². The van der Waals surface area contributed by atoms with Gasteiger partial charge in [-0.15, -0.1) is 0 Å². The number of hydrogen-bond acceptors (Lipinski definition) is 8. The van der Waals surface area contributed by atoms with Gasteiger partial charge in [-0.05, 0) is 113 Å². The Bertz CT molecular complexity index is 1030. The molecule has 0 aromatic carbocycles. The molecule has 12 unspecified atom stereocenters. The zero-order valence-corrected chi connectivity index (χ0v) is 27.8. The van der Waals surface area contributed by atoms with Crippen LogP contribution in [0.2, 0.25) is 0 Å². The Morgan fingerprint density at radius 1 is 1.00 bits per heavy atom. The first-order valence-corrected chi connectivity index (χ1v) is 17.7. The third kappa shape index (κ3) is 4.74. The molecule has 7 rings (SSSR count). The number of nitrogens with one attached hydrogen (secondary N) is 1. The minimum absolute atomic E-state index is 0.0314.